The van der Waals surface area contributed by atoms with Crippen LogP contribution in [-0.2, 0) is 9.63 Å². The van der Waals surface area contributed by atoms with Crippen molar-refractivity contribution in [3.63, 3.8) is 0 Å². The molecular weight excluding hydrogens is 204 g/mol. The second-order valence-electron chi connectivity index (χ2n) is 2.29. The van der Waals surface area contributed by atoms with E-state index in [-0.39, 0.29) is 5.71 Å². The van der Waals surface area contributed by atoms with E-state index < -0.39 is 5.91 Å². The number of carbonyl (C=O) groups is 1. The second kappa shape index (κ2) is 4.56. The average molecular weight is 214 g/mol. The number of anilines is 1. The minimum atomic E-state index is -0.691. The van der Waals surface area contributed by atoms with Crippen molar-refractivity contribution in [1.29, 1.82) is 0 Å². The van der Waals surface area contributed by atoms with E-state index >= 15 is 0 Å². The SMILES string of the molecule is CCON=C(C(N)=O)c1csc(N)n1. The van der Waals surface area contributed by atoms with Gasteiger partial charge in [0.2, 0.25) is 0 Å². The number of nitrogens with zero attached hydrogens (tertiary/aromatic N) is 2. The molecule has 76 valence electrons. The Labute approximate surface area is 84.6 Å². The summed E-state index contributed by atoms with van der Waals surface area (Å²) in [7, 11) is 0. The predicted octanol–water partition coefficient (Wildman–Crippen LogP) is -0.0488. The summed E-state index contributed by atoms with van der Waals surface area (Å²) < 4.78 is 0. The smallest absolute Gasteiger partial charge is 0.273 e. The van der Waals surface area contributed by atoms with Crippen LogP contribution in [0.4, 0.5) is 5.13 Å². The first-order valence-corrected chi connectivity index (χ1v) is 4.74. The van der Waals surface area contributed by atoms with Gasteiger partial charge in [0.25, 0.3) is 5.91 Å². The van der Waals surface area contributed by atoms with Crippen LogP contribution in [0.5, 0.6) is 0 Å². The van der Waals surface area contributed by atoms with E-state index in [9.17, 15) is 4.79 Å². The molecule has 1 aromatic rings. The molecule has 0 fully saturated rings. The lowest BCUT2D eigenvalue weighted by Crippen LogP contribution is -2.25. The number of amides is 1. The van der Waals surface area contributed by atoms with Crippen LogP contribution in [0.25, 0.3) is 0 Å². The van der Waals surface area contributed by atoms with Crippen LogP contribution in [-0.4, -0.2) is 23.2 Å². The maximum atomic E-state index is 11.0. The van der Waals surface area contributed by atoms with Gasteiger partial charge in [-0.25, -0.2) is 4.98 Å². The van der Waals surface area contributed by atoms with Crippen LogP contribution >= 0.6 is 11.3 Å². The average Bonchev–Trinajstić information content (AvgIpc) is 2.52. The number of hydrogen-bond acceptors (Lipinski definition) is 6. The molecule has 0 aliphatic heterocycles. The van der Waals surface area contributed by atoms with Crippen molar-refractivity contribution >= 4 is 28.1 Å². The fourth-order valence-corrected chi connectivity index (χ4v) is 1.29. The van der Waals surface area contributed by atoms with Gasteiger partial charge >= 0.3 is 0 Å². The molecule has 1 heterocycles. The highest BCUT2D eigenvalue weighted by Gasteiger charge is 2.14. The number of thiazole rings is 1. The highest BCUT2D eigenvalue weighted by molar-refractivity contribution is 7.13. The van der Waals surface area contributed by atoms with Gasteiger partial charge < -0.3 is 16.3 Å². The van der Waals surface area contributed by atoms with E-state index in [4.69, 9.17) is 16.3 Å². The summed E-state index contributed by atoms with van der Waals surface area (Å²) in [5, 5.41) is 5.50. The third-order valence-electron chi connectivity index (χ3n) is 1.28. The molecule has 0 spiro atoms. The largest absolute Gasteiger partial charge is 0.395 e. The zero-order valence-electron chi connectivity index (χ0n) is 7.56. The number of aromatic nitrogens is 1. The number of carbonyl (C=O) groups excluding carboxylic acids is 1. The van der Waals surface area contributed by atoms with Gasteiger partial charge in [0, 0.05) is 5.38 Å². The van der Waals surface area contributed by atoms with Crippen LogP contribution in [0.1, 0.15) is 12.6 Å². The number of primary amides is 1. The van der Waals surface area contributed by atoms with E-state index in [1.54, 1.807) is 12.3 Å². The van der Waals surface area contributed by atoms with Gasteiger partial charge in [0.1, 0.15) is 12.3 Å². The number of rotatable bonds is 4. The van der Waals surface area contributed by atoms with Crippen molar-refractivity contribution < 1.29 is 9.63 Å². The fourth-order valence-electron chi connectivity index (χ4n) is 0.743. The molecule has 1 aromatic heterocycles. The second-order valence-corrected chi connectivity index (χ2v) is 3.18. The molecule has 14 heavy (non-hydrogen) atoms. The Morgan fingerprint density at radius 2 is 2.50 bits per heavy atom. The first-order valence-electron chi connectivity index (χ1n) is 3.86. The summed E-state index contributed by atoms with van der Waals surface area (Å²) in [6.45, 7) is 2.11. The Bertz CT molecular complexity index is 360. The van der Waals surface area contributed by atoms with Crippen molar-refractivity contribution in [2.24, 2.45) is 10.9 Å². The monoisotopic (exact) mass is 214 g/mol. The Morgan fingerprint density at radius 1 is 1.79 bits per heavy atom. The van der Waals surface area contributed by atoms with Gasteiger partial charge in [-0.2, -0.15) is 0 Å². The topological polar surface area (TPSA) is 104 Å². The van der Waals surface area contributed by atoms with E-state index in [0.29, 0.717) is 17.4 Å². The molecule has 0 saturated carbocycles. The van der Waals surface area contributed by atoms with Crippen molar-refractivity contribution in [3.8, 4) is 0 Å². The normalized spacial score (nSPS) is 11.4. The first kappa shape index (κ1) is 10.5. The van der Waals surface area contributed by atoms with Crippen molar-refractivity contribution in [2.45, 2.75) is 6.92 Å². The van der Waals surface area contributed by atoms with Gasteiger partial charge in [0.05, 0.1) is 0 Å². The van der Waals surface area contributed by atoms with E-state index in [2.05, 4.69) is 10.1 Å². The lowest BCUT2D eigenvalue weighted by atomic mass is 10.3. The summed E-state index contributed by atoms with van der Waals surface area (Å²) in [4.78, 5) is 19.6. The van der Waals surface area contributed by atoms with Gasteiger partial charge in [-0.1, -0.05) is 5.16 Å². The Kier molecular flexibility index (Phi) is 3.41. The van der Waals surface area contributed by atoms with E-state index in [0.717, 1.165) is 0 Å². The van der Waals surface area contributed by atoms with E-state index in [1.165, 1.54) is 11.3 Å². The van der Waals surface area contributed by atoms with Gasteiger partial charge in [-0.15, -0.1) is 11.3 Å². The number of hydrogen-bond donors (Lipinski definition) is 2. The molecule has 0 radical (unpaired) electrons. The third-order valence-corrected chi connectivity index (χ3v) is 1.96. The predicted molar refractivity (Wildman–Crippen MR) is 53.9 cm³/mol. The summed E-state index contributed by atoms with van der Waals surface area (Å²) in [5.41, 5.74) is 10.8. The molecule has 1 rings (SSSR count). The maximum absolute atomic E-state index is 11.0. The van der Waals surface area contributed by atoms with Crippen LogP contribution in [0.3, 0.4) is 0 Å². The Morgan fingerprint density at radius 3 is 2.93 bits per heavy atom. The summed E-state index contributed by atoms with van der Waals surface area (Å²) >= 11 is 1.21. The van der Waals surface area contributed by atoms with Crippen LogP contribution < -0.4 is 11.5 Å². The van der Waals surface area contributed by atoms with Gasteiger partial charge in [-0.3, -0.25) is 4.79 Å². The van der Waals surface area contributed by atoms with Gasteiger partial charge in [0.15, 0.2) is 10.8 Å². The molecule has 4 N–H and O–H groups in total. The lowest BCUT2D eigenvalue weighted by molar-refractivity contribution is -0.112. The quantitative estimate of drug-likeness (QED) is 0.541. The first-order chi connectivity index (χ1) is 6.65. The van der Waals surface area contributed by atoms with Crippen LogP contribution in [0.2, 0.25) is 0 Å². The number of nitrogen functional groups attached to an aromatic ring is 1. The summed E-state index contributed by atoms with van der Waals surface area (Å²) in [6, 6.07) is 0. The standard InChI is InChI=1S/C7H10N4O2S/c1-2-13-11-5(6(8)12)4-3-14-7(9)10-4/h3H,2H2,1H3,(H2,8,12)(H2,9,10). The third kappa shape index (κ3) is 2.43. The zero-order valence-corrected chi connectivity index (χ0v) is 8.37. The molecule has 6 nitrogen and oxygen atoms in total. The molecule has 0 bridgehead atoms. The minimum absolute atomic E-state index is 0.0141. The minimum Gasteiger partial charge on any atom is -0.395 e. The molecule has 0 aromatic carbocycles. The van der Waals surface area contributed by atoms with Crippen molar-refractivity contribution in [2.75, 3.05) is 12.3 Å². The molecule has 1 amide bonds. The summed E-state index contributed by atoms with van der Waals surface area (Å²) in [6.07, 6.45) is 0. The van der Waals surface area contributed by atoms with Crippen molar-refractivity contribution in [3.05, 3.63) is 11.1 Å². The highest BCUT2D eigenvalue weighted by atomic mass is 32.1. The molecule has 0 aliphatic carbocycles. The Balaban J connectivity index is 2.94. The number of nitrogens with two attached hydrogens (primary N) is 2. The summed E-state index contributed by atoms with van der Waals surface area (Å²) in [5.74, 6) is -0.691. The number of oxime groups is 1. The van der Waals surface area contributed by atoms with Crippen molar-refractivity contribution in [1.82, 2.24) is 4.98 Å². The molecule has 0 unspecified atom stereocenters. The van der Waals surface area contributed by atoms with Gasteiger partial charge in [-0.05, 0) is 6.92 Å². The maximum Gasteiger partial charge on any atom is 0.273 e. The Hall–Kier alpha value is -1.63. The lowest BCUT2D eigenvalue weighted by Gasteiger charge is -1.97. The zero-order chi connectivity index (χ0) is 10.6. The highest BCUT2D eigenvalue weighted by Crippen LogP contribution is 2.11. The van der Waals surface area contributed by atoms with Crippen LogP contribution in [0, 0.1) is 0 Å². The van der Waals surface area contributed by atoms with E-state index in [1.807, 2.05) is 0 Å². The van der Waals surface area contributed by atoms with Crippen LogP contribution in [0.15, 0.2) is 10.5 Å². The molecule has 7 heteroatoms. The molecule has 0 aliphatic rings. The fraction of sp³-hybridized carbons (Fsp3) is 0.286. The molecule has 0 saturated heterocycles. The molecule has 0 atom stereocenters. The molecular formula is C7H10N4O2S.